The second-order valence-corrected chi connectivity index (χ2v) is 3.96. The molecule has 0 bridgehead atoms. The first-order valence-electron chi connectivity index (χ1n) is 5.23. The molecule has 2 N–H and O–H groups in total. The minimum Gasteiger partial charge on any atom is -0.324 e. The normalized spacial score (nSPS) is 14.9. The summed E-state index contributed by atoms with van der Waals surface area (Å²) in [5.74, 6) is 0. The summed E-state index contributed by atoms with van der Waals surface area (Å²) in [4.78, 5) is 6.35. The summed E-state index contributed by atoms with van der Waals surface area (Å²) in [6.45, 7) is 8.80. The minimum absolute atomic E-state index is 0.000746. The molecule has 1 atom stereocenters. The second-order valence-electron chi connectivity index (χ2n) is 3.96. The first-order valence-corrected chi connectivity index (χ1v) is 5.23. The lowest BCUT2D eigenvalue weighted by Crippen LogP contribution is -2.28. The van der Waals surface area contributed by atoms with Gasteiger partial charge in [-0.1, -0.05) is 12.7 Å². The quantitative estimate of drug-likeness (QED) is 0.678. The Morgan fingerprint density at radius 1 is 1.53 bits per heavy atom. The zero-order chi connectivity index (χ0) is 11.8. The van der Waals surface area contributed by atoms with Crippen molar-refractivity contribution in [2.75, 3.05) is 20.6 Å². The van der Waals surface area contributed by atoms with Gasteiger partial charge in [-0.15, -0.1) is 0 Å². The fourth-order valence-corrected chi connectivity index (χ4v) is 0.938. The number of nitrogens with two attached hydrogens (primary N) is 1. The standard InChI is InChI=1S/C12H23N3/c1-6-11(3)14-9-10(2)12(13)7-8-15(4)5/h6,9,12H,2,7-8,13H2,1,3-5H3/b11-6-,14-9-. The van der Waals surface area contributed by atoms with Gasteiger partial charge < -0.3 is 10.6 Å². The summed E-state index contributed by atoms with van der Waals surface area (Å²) in [5, 5.41) is 0. The molecule has 0 aliphatic heterocycles. The highest BCUT2D eigenvalue weighted by Gasteiger charge is 2.05. The fourth-order valence-electron chi connectivity index (χ4n) is 0.938. The lowest BCUT2D eigenvalue weighted by Gasteiger charge is -2.14. The van der Waals surface area contributed by atoms with E-state index in [9.17, 15) is 0 Å². The van der Waals surface area contributed by atoms with Gasteiger partial charge in [0.15, 0.2) is 0 Å². The van der Waals surface area contributed by atoms with Gasteiger partial charge in [0.2, 0.25) is 0 Å². The monoisotopic (exact) mass is 209 g/mol. The van der Waals surface area contributed by atoms with Crippen LogP contribution in [-0.2, 0) is 0 Å². The van der Waals surface area contributed by atoms with Crippen molar-refractivity contribution in [2.45, 2.75) is 26.3 Å². The molecule has 0 spiro atoms. The van der Waals surface area contributed by atoms with Crippen LogP contribution in [0.25, 0.3) is 0 Å². The van der Waals surface area contributed by atoms with Crippen LogP contribution in [0.4, 0.5) is 0 Å². The van der Waals surface area contributed by atoms with Gasteiger partial charge >= 0.3 is 0 Å². The lowest BCUT2D eigenvalue weighted by molar-refractivity contribution is 0.391. The maximum atomic E-state index is 5.96. The average Bonchev–Trinajstić information content (AvgIpc) is 2.21. The molecule has 0 saturated carbocycles. The minimum atomic E-state index is 0.000746. The number of nitrogens with zero attached hydrogens (tertiary/aromatic N) is 2. The Kier molecular flexibility index (Phi) is 6.92. The van der Waals surface area contributed by atoms with Gasteiger partial charge in [0, 0.05) is 18.0 Å². The molecule has 0 aliphatic carbocycles. The average molecular weight is 209 g/mol. The van der Waals surface area contributed by atoms with E-state index in [2.05, 4.69) is 16.5 Å². The summed E-state index contributed by atoms with van der Waals surface area (Å²) in [6, 6.07) is 0.000746. The smallest absolute Gasteiger partial charge is 0.0330 e. The van der Waals surface area contributed by atoms with Crippen LogP contribution < -0.4 is 5.73 Å². The summed E-state index contributed by atoms with van der Waals surface area (Å²) in [6.07, 6.45) is 4.62. The van der Waals surface area contributed by atoms with Crippen LogP contribution in [0.2, 0.25) is 0 Å². The topological polar surface area (TPSA) is 41.6 Å². The third kappa shape index (κ3) is 7.05. The largest absolute Gasteiger partial charge is 0.324 e. The Labute approximate surface area is 93.4 Å². The number of allylic oxidation sites excluding steroid dienone is 2. The Bertz CT molecular complexity index is 252. The fraction of sp³-hybridized carbons (Fsp3) is 0.583. The van der Waals surface area contributed by atoms with Crippen molar-refractivity contribution >= 4 is 6.21 Å². The van der Waals surface area contributed by atoms with E-state index in [4.69, 9.17) is 5.73 Å². The van der Waals surface area contributed by atoms with Crippen LogP contribution in [0, 0.1) is 0 Å². The second kappa shape index (κ2) is 7.37. The molecule has 0 aromatic carbocycles. The van der Waals surface area contributed by atoms with Crippen molar-refractivity contribution in [2.24, 2.45) is 10.7 Å². The van der Waals surface area contributed by atoms with Crippen LogP contribution in [0.1, 0.15) is 20.3 Å². The van der Waals surface area contributed by atoms with Crippen LogP contribution >= 0.6 is 0 Å². The highest BCUT2D eigenvalue weighted by atomic mass is 15.0. The molecule has 15 heavy (non-hydrogen) atoms. The van der Waals surface area contributed by atoms with Crippen LogP contribution in [-0.4, -0.2) is 37.8 Å². The molecular formula is C12H23N3. The Morgan fingerprint density at radius 2 is 2.13 bits per heavy atom. The van der Waals surface area contributed by atoms with Crippen molar-refractivity contribution in [3.63, 3.8) is 0 Å². The zero-order valence-corrected chi connectivity index (χ0v) is 10.3. The van der Waals surface area contributed by atoms with Gasteiger partial charge in [-0.25, -0.2) is 0 Å². The number of rotatable bonds is 6. The van der Waals surface area contributed by atoms with Gasteiger partial charge in [0.1, 0.15) is 0 Å². The van der Waals surface area contributed by atoms with E-state index in [1.165, 1.54) is 0 Å². The highest BCUT2D eigenvalue weighted by molar-refractivity contribution is 5.80. The highest BCUT2D eigenvalue weighted by Crippen LogP contribution is 2.01. The summed E-state index contributed by atoms with van der Waals surface area (Å²) in [7, 11) is 4.07. The number of hydrogen-bond donors (Lipinski definition) is 1. The molecule has 1 unspecified atom stereocenters. The van der Waals surface area contributed by atoms with Crippen LogP contribution in [0.5, 0.6) is 0 Å². The molecule has 0 fully saturated rings. The van der Waals surface area contributed by atoms with E-state index in [-0.39, 0.29) is 6.04 Å². The Balaban J connectivity index is 4.05. The van der Waals surface area contributed by atoms with Crippen molar-refractivity contribution in [1.82, 2.24) is 4.90 Å². The summed E-state index contributed by atoms with van der Waals surface area (Å²) >= 11 is 0. The molecule has 0 amide bonds. The van der Waals surface area contributed by atoms with Crippen molar-refractivity contribution in [1.29, 1.82) is 0 Å². The third-order valence-corrected chi connectivity index (χ3v) is 2.22. The molecule has 3 heteroatoms. The van der Waals surface area contributed by atoms with Crippen molar-refractivity contribution in [3.05, 3.63) is 23.9 Å². The Hall–Kier alpha value is -0.930. The molecule has 0 radical (unpaired) electrons. The third-order valence-electron chi connectivity index (χ3n) is 2.22. The zero-order valence-electron chi connectivity index (χ0n) is 10.3. The van der Waals surface area contributed by atoms with Gasteiger partial charge in [0.05, 0.1) is 0 Å². The first kappa shape index (κ1) is 14.1. The van der Waals surface area contributed by atoms with E-state index < -0.39 is 0 Å². The molecule has 3 nitrogen and oxygen atoms in total. The maximum absolute atomic E-state index is 5.96. The lowest BCUT2D eigenvalue weighted by atomic mass is 10.1. The van der Waals surface area contributed by atoms with E-state index in [0.717, 1.165) is 24.2 Å². The van der Waals surface area contributed by atoms with Crippen LogP contribution in [0.3, 0.4) is 0 Å². The van der Waals surface area contributed by atoms with Gasteiger partial charge in [0.25, 0.3) is 0 Å². The van der Waals surface area contributed by atoms with Gasteiger partial charge in [-0.2, -0.15) is 0 Å². The molecule has 0 aliphatic rings. The molecule has 0 saturated heterocycles. The van der Waals surface area contributed by atoms with Gasteiger partial charge in [-0.05, 0) is 46.5 Å². The van der Waals surface area contributed by atoms with Crippen LogP contribution in [0.15, 0.2) is 28.9 Å². The Morgan fingerprint density at radius 3 is 2.60 bits per heavy atom. The van der Waals surface area contributed by atoms with Gasteiger partial charge in [-0.3, -0.25) is 4.99 Å². The summed E-state index contributed by atoms with van der Waals surface area (Å²) in [5.41, 5.74) is 7.83. The number of aliphatic imine (C=N–C) groups is 1. The first-order chi connectivity index (χ1) is 6.97. The predicted octanol–water partition coefficient (Wildman–Crippen LogP) is 1.82. The molecule has 0 aromatic heterocycles. The van der Waals surface area contributed by atoms with Crippen molar-refractivity contribution in [3.8, 4) is 0 Å². The molecule has 0 heterocycles. The molecule has 0 rings (SSSR count). The molecule has 0 aromatic rings. The summed E-state index contributed by atoms with van der Waals surface area (Å²) < 4.78 is 0. The van der Waals surface area contributed by atoms with E-state index in [0.29, 0.717) is 0 Å². The SMILES string of the molecule is C=C(/C=N\C(C)=C/C)C(N)CCN(C)C. The van der Waals surface area contributed by atoms with Crippen molar-refractivity contribution < 1.29 is 0 Å². The van der Waals surface area contributed by atoms with E-state index in [1.807, 2.05) is 34.0 Å². The maximum Gasteiger partial charge on any atom is 0.0330 e. The predicted molar refractivity (Wildman–Crippen MR) is 68.2 cm³/mol. The molecular weight excluding hydrogens is 186 g/mol. The van der Waals surface area contributed by atoms with E-state index in [1.54, 1.807) is 6.21 Å². The molecule has 86 valence electrons. The van der Waals surface area contributed by atoms with E-state index >= 15 is 0 Å². The number of hydrogen-bond acceptors (Lipinski definition) is 3.